The number of halogens is 1. The Labute approximate surface area is 148 Å². The highest BCUT2D eigenvalue weighted by Gasteiger charge is 2.07. The van der Waals surface area contributed by atoms with Gasteiger partial charge in [0.05, 0.1) is 6.61 Å². The average Bonchev–Trinajstić information content (AvgIpc) is 3.07. The molecule has 0 bridgehead atoms. The third kappa shape index (κ3) is 5.18. The molecule has 0 aliphatic carbocycles. The second-order valence-electron chi connectivity index (χ2n) is 4.71. The first-order valence-corrected chi connectivity index (χ1v) is 8.67. The Morgan fingerprint density at radius 2 is 1.67 bits per heavy atom. The Balaban J connectivity index is 1.39. The Hall–Kier alpha value is -2.18. The summed E-state index contributed by atoms with van der Waals surface area (Å²) < 4.78 is 16.7. The molecule has 0 saturated carbocycles. The molecule has 24 heavy (non-hydrogen) atoms. The number of hydrogen-bond donors (Lipinski definition) is 0. The summed E-state index contributed by atoms with van der Waals surface area (Å²) in [6, 6.07) is 16.8. The molecule has 0 radical (unpaired) electrons. The lowest BCUT2D eigenvalue weighted by Gasteiger charge is -2.03. The molecule has 2 aromatic carbocycles. The van der Waals surface area contributed by atoms with Crippen molar-refractivity contribution in [2.75, 3.05) is 12.4 Å². The van der Waals surface area contributed by atoms with Crippen molar-refractivity contribution in [2.45, 2.75) is 11.8 Å². The van der Waals surface area contributed by atoms with Gasteiger partial charge in [-0.05, 0) is 36.4 Å². The summed E-state index contributed by atoms with van der Waals surface area (Å²) in [5.41, 5.74) is 0. The summed E-state index contributed by atoms with van der Waals surface area (Å²) in [5, 5.41) is 9.10. The van der Waals surface area contributed by atoms with Gasteiger partial charge in [0.25, 0.3) is 11.1 Å². The van der Waals surface area contributed by atoms with Crippen LogP contribution in [0.5, 0.6) is 11.5 Å². The number of aromatic nitrogens is 2. The van der Waals surface area contributed by atoms with Crippen molar-refractivity contribution in [3.63, 3.8) is 0 Å². The number of nitrogens with zero attached hydrogens (tertiary/aromatic N) is 2. The van der Waals surface area contributed by atoms with Crippen LogP contribution in [0.2, 0.25) is 5.02 Å². The van der Waals surface area contributed by atoms with Crippen LogP contribution >= 0.6 is 23.4 Å². The molecule has 0 fully saturated rings. The number of thioether (sulfide) groups is 1. The maximum absolute atomic E-state index is 5.82. The molecule has 0 aliphatic heterocycles. The third-order valence-corrected chi connectivity index (χ3v) is 3.98. The highest BCUT2D eigenvalue weighted by molar-refractivity contribution is 7.99. The molecule has 7 heteroatoms. The fourth-order valence-electron chi connectivity index (χ4n) is 1.84. The quantitative estimate of drug-likeness (QED) is 0.435. The van der Waals surface area contributed by atoms with Gasteiger partial charge in [-0.15, -0.1) is 10.2 Å². The van der Waals surface area contributed by atoms with Gasteiger partial charge in [-0.2, -0.15) is 0 Å². The standard InChI is InChI=1S/C17H15ClN2O3S/c18-13-6-8-15(9-7-13)22-12-16-19-20-17(23-16)24-11-10-21-14-4-2-1-3-5-14/h1-9H,10-12H2. The van der Waals surface area contributed by atoms with Crippen LogP contribution in [0.4, 0.5) is 0 Å². The van der Waals surface area contributed by atoms with E-state index in [0.717, 1.165) is 5.75 Å². The minimum absolute atomic E-state index is 0.218. The first kappa shape index (κ1) is 16.7. The van der Waals surface area contributed by atoms with Crippen molar-refractivity contribution >= 4 is 23.4 Å². The zero-order valence-corrected chi connectivity index (χ0v) is 14.3. The molecule has 0 amide bonds. The molecule has 3 rings (SSSR count). The molecule has 124 valence electrons. The summed E-state index contributed by atoms with van der Waals surface area (Å²) >= 11 is 7.27. The molecule has 0 N–H and O–H groups in total. The minimum Gasteiger partial charge on any atom is -0.493 e. The van der Waals surface area contributed by atoms with Gasteiger partial charge in [-0.1, -0.05) is 41.6 Å². The number of para-hydroxylation sites is 1. The highest BCUT2D eigenvalue weighted by atomic mass is 35.5. The maximum Gasteiger partial charge on any atom is 0.276 e. The van der Waals surface area contributed by atoms with Gasteiger partial charge >= 0.3 is 0 Å². The van der Waals surface area contributed by atoms with Crippen molar-refractivity contribution in [1.82, 2.24) is 10.2 Å². The SMILES string of the molecule is Clc1ccc(OCc2nnc(SCCOc3ccccc3)o2)cc1. The molecule has 5 nitrogen and oxygen atoms in total. The molecule has 0 unspecified atom stereocenters. The Morgan fingerprint density at radius 3 is 2.46 bits per heavy atom. The molecule has 0 aliphatic rings. The van der Waals surface area contributed by atoms with Crippen molar-refractivity contribution in [3.05, 3.63) is 65.5 Å². The number of hydrogen-bond acceptors (Lipinski definition) is 6. The normalized spacial score (nSPS) is 10.5. The average molecular weight is 363 g/mol. The minimum atomic E-state index is 0.218. The smallest absolute Gasteiger partial charge is 0.276 e. The van der Waals surface area contributed by atoms with E-state index in [2.05, 4.69) is 10.2 Å². The van der Waals surface area contributed by atoms with Gasteiger partial charge in [0.1, 0.15) is 11.5 Å². The second-order valence-corrected chi connectivity index (χ2v) is 6.20. The molecule has 0 saturated heterocycles. The van der Waals surface area contributed by atoms with Gasteiger partial charge in [-0.25, -0.2) is 0 Å². The maximum atomic E-state index is 5.82. The largest absolute Gasteiger partial charge is 0.493 e. The predicted molar refractivity (Wildman–Crippen MR) is 92.7 cm³/mol. The van der Waals surface area contributed by atoms with E-state index < -0.39 is 0 Å². The summed E-state index contributed by atoms with van der Waals surface area (Å²) in [5.74, 6) is 2.69. The zero-order valence-electron chi connectivity index (χ0n) is 12.7. The van der Waals surface area contributed by atoms with E-state index >= 15 is 0 Å². The van der Waals surface area contributed by atoms with E-state index in [1.807, 2.05) is 30.3 Å². The fraction of sp³-hybridized carbons (Fsp3) is 0.176. The van der Waals surface area contributed by atoms with Crippen molar-refractivity contribution < 1.29 is 13.9 Å². The van der Waals surface area contributed by atoms with E-state index in [9.17, 15) is 0 Å². The predicted octanol–water partition coefficient (Wildman–Crippen LogP) is 4.47. The van der Waals surface area contributed by atoms with Crippen LogP contribution in [-0.4, -0.2) is 22.6 Å². The lowest BCUT2D eigenvalue weighted by molar-refractivity contribution is 0.252. The summed E-state index contributed by atoms with van der Waals surface area (Å²) in [7, 11) is 0. The highest BCUT2D eigenvalue weighted by Crippen LogP contribution is 2.19. The van der Waals surface area contributed by atoms with E-state index in [1.165, 1.54) is 11.8 Å². The van der Waals surface area contributed by atoms with Crippen molar-refractivity contribution in [2.24, 2.45) is 0 Å². The Morgan fingerprint density at radius 1 is 0.917 bits per heavy atom. The summed E-state index contributed by atoms with van der Waals surface area (Å²) in [4.78, 5) is 0. The van der Waals surface area contributed by atoms with E-state index in [0.29, 0.717) is 34.2 Å². The molecular weight excluding hydrogens is 348 g/mol. The zero-order chi connectivity index (χ0) is 16.6. The third-order valence-electron chi connectivity index (χ3n) is 2.95. The lowest BCUT2D eigenvalue weighted by Crippen LogP contribution is -1.99. The van der Waals surface area contributed by atoms with Crippen molar-refractivity contribution in [3.8, 4) is 11.5 Å². The molecule has 0 atom stereocenters. The van der Waals surface area contributed by atoms with Crippen LogP contribution in [0, 0.1) is 0 Å². The van der Waals surface area contributed by atoms with Gasteiger partial charge in [0, 0.05) is 10.8 Å². The summed E-state index contributed by atoms with van der Waals surface area (Å²) in [6.45, 7) is 0.781. The Kier molecular flexibility index (Phi) is 5.98. The van der Waals surface area contributed by atoms with Crippen molar-refractivity contribution in [1.29, 1.82) is 0 Å². The van der Waals surface area contributed by atoms with Gasteiger partial charge in [0.15, 0.2) is 6.61 Å². The Bertz CT molecular complexity index is 750. The molecular formula is C17H15ClN2O3S. The van der Waals surface area contributed by atoms with Crippen LogP contribution in [0.15, 0.2) is 64.2 Å². The van der Waals surface area contributed by atoms with E-state index in [1.54, 1.807) is 24.3 Å². The lowest BCUT2D eigenvalue weighted by atomic mass is 10.3. The fourth-order valence-corrected chi connectivity index (χ4v) is 2.56. The van der Waals surface area contributed by atoms with Crippen LogP contribution in [0.25, 0.3) is 0 Å². The number of benzene rings is 2. The van der Waals surface area contributed by atoms with Crippen LogP contribution in [0.1, 0.15) is 5.89 Å². The topological polar surface area (TPSA) is 57.4 Å². The van der Waals surface area contributed by atoms with Gasteiger partial charge < -0.3 is 13.9 Å². The van der Waals surface area contributed by atoms with Crippen LogP contribution in [0.3, 0.4) is 0 Å². The van der Waals surface area contributed by atoms with Crippen LogP contribution < -0.4 is 9.47 Å². The van der Waals surface area contributed by atoms with E-state index in [4.69, 9.17) is 25.5 Å². The first-order valence-electron chi connectivity index (χ1n) is 7.31. The van der Waals surface area contributed by atoms with E-state index in [-0.39, 0.29) is 6.61 Å². The summed E-state index contributed by atoms with van der Waals surface area (Å²) in [6.07, 6.45) is 0. The molecule has 1 aromatic heterocycles. The molecule has 0 spiro atoms. The van der Waals surface area contributed by atoms with Crippen LogP contribution in [-0.2, 0) is 6.61 Å². The molecule has 3 aromatic rings. The van der Waals surface area contributed by atoms with Gasteiger partial charge in [-0.3, -0.25) is 0 Å². The monoisotopic (exact) mass is 362 g/mol. The number of ether oxygens (including phenoxy) is 2. The first-order chi connectivity index (χ1) is 11.8. The number of rotatable bonds is 8. The van der Waals surface area contributed by atoms with Gasteiger partial charge in [0.2, 0.25) is 0 Å². The second kappa shape index (κ2) is 8.61. The molecule has 1 heterocycles.